The number of ether oxygens (including phenoxy) is 1. The number of nitrogens with zero attached hydrogens (tertiary/aromatic N) is 2. The number of carbonyl (C=O) groups is 2. The number of imide groups is 1. The second-order valence-electron chi connectivity index (χ2n) is 6.30. The number of carbonyl (C=O) groups excluding carboxylic acids is 1. The highest BCUT2D eigenvalue weighted by atomic mass is 35.5. The molecule has 1 N–H and O–H groups in total. The SMILES string of the molecule is O=C(O)N1C(=O)Cc2cc(-c3ccc(N4CCOCC4)cc3)c(Cl)cc21. The van der Waals surface area contributed by atoms with Crippen molar-refractivity contribution in [3.05, 3.63) is 47.0 Å². The van der Waals surface area contributed by atoms with E-state index in [4.69, 9.17) is 16.3 Å². The Morgan fingerprint density at radius 1 is 1.12 bits per heavy atom. The summed E-state index contributed by atoms with van der Waals surface area (Å²) in [4.78, 5) is 26.2. The molecule has 4 rings (SSSR count). The van der Waals surface area contributed by atoms with E-state index >= 15 is 0 Å². The number of carboxylic acid groups (broad SMARTS) is 1. The molecule has 134 valence electrons. The molecule has 2 aromatic rings. The van der Waals surface area contributed by atoms with Crippen molar-refractivity contribution in [3.8, 4) is 11.1 Å². The van der Waals surface area contributed by atoms with E-state index in [9.17, 15) is 14.7 Å². The highest BCUT2D eigenvalue weighted by molar-refractivity contribution is 6.34. The second kappa shape index (κ2) is 6.63. The van der Waals surface area contributed by atoms with Crippen LogP contribution in [-0.2, 0) is 16.0 Å². The first-order chi connectivity index (χ1) is 12.5. The average Bonchev–Trinajstić information content (AvgIpc) is 2.97. The van der Waals surface area contributed by atoms with Gasteiger partial charge >= 0.3 is 6.09 Å². The maximum atomic E-state index is 11.9. The third-order valence-electron chi connectivity index (χ3n) is 4.75. The number of hydrogen-bond acceptors (Lipinski definition) is 4. The van der Waals surface area contributed by atoms with Crippen molar-refractivity contribution in [3.63, 3.8) is 0 Å². The Labute approximate surface area is 155 Å². The first-order valence-corrected chi connectivity index (χ1v) is 8.74. The van der Waals surface area contributed by atoms with Crippen molar-refractivity contribution in [2.24, 2.45) is 0 Å². The lowest BCUT2D eigenvalue weighted by molar-refractivity contribution is -0.116. The highest BCUT2D eigenvalue weighted by Crippen LogP contribution is 2.38. The predicted octanol–water partition coefficient (Wildman–Crippen LogP) is 3.41. The van der Waals surface area contributed by atoms with E-state index in [2.05, 4.69) is 4.90 Å². The van der Waals surface area contributed by atoms with Crippen LogP contribution in [0.25, 0.3) is 11.1 Å². The van der Waals surface area contributed by atoms with Crippen LogP contribution in [0.3, 0.4) is 0 Å². The van der Waals surface area contributed by atoms with Gasteiger partial charge < -0.3 is 14.7 Å². The molecule has 0 spiro atoms. The van der Waals surface area contributed by atoms with E-state index in [0.29, 0.717) is 16.3 Å². The molecule has 2 aromatic carbocycles. The molecule has 1 fully saturated rings. The maximum absolute atomic E-state index is 11.9. The zero-order valence-corrected chi connectivity index (χ0v) is 14.7. The molecule has 7 heteroatoms. The number of benzene rings is 2. The fraction of sp³-hybridized carbons (Fsp3) is 0.263. The zero-order chi connectivity index (χ0) is 18.3. The second-order valence-corrected chi connectivity index (χ2v) is 6.70. The fourth-order valence-electron chi connectivity index (χ4n) is 3.44. The van der Waals surface area contributed by atoms with E-state index in [1.807, 2.05) is 30.3 Å². The number of halogens is 1. The van der Waals surface area contributed by atoms with Gasteiger partial charge in [-0.05, 0) is 35.4 Å². The van der Waals surface area contributed by atoms with Crippen LogP contribution >= 0.6 is 11.6 Å². The smallest absolute Gasteiger partial charge is 0.418 e. The minimum Gasteiger partial charge on any atom is -0.464 e. The first kappa shape index (κ1) is 16.9. The summed E-state index contributed by atoms with van der Waals surface area (Å²) in [5.41, 5.74) is 3.87. The van der Waals surface area contributed by atoms with E-state index in [1.54, 1.807) is 6.07 Å². The molecule has 0 aliphatic carbocycles. The molecule has 0 bridgehead atoms. The van der Waals surface area contributed by atoms with Crippen molar-refractivity contribution in [1.82, 2.24) is 0 Å². The van der Waals surface area contributed by atoms with E-state index in [-0.39, 0.29) is 6.42 Å². The van der Waals surface area contributed by atoms with Crippen molar-refractivity contribution in [2.75, 3.05) is 36.1 Å². The van der Waals surface area contributed by atoms with Crippen LogP contribution < -0.4 is 9.80 Å². The normalized spacial score (nSPS) is 16.7. The summed E-state index contributed by atoms with van der Waals surface area (Å²) >= 11 is 6.39. The summed E-state index contributed by atoms with van der Waals surface area (Å²) in [6, 6.07) is 11.4. The maximum Gasteiger partial charge on any atom is 0.418 e. The lowest BCUT2D eigenvalue weighted by Gasteiger charge is -2.29. The molecule has 6 nitrogen and oxygen atoms in total. The molecule has 0 saturated carbocycles. The molecule has 26 heavy (non-hydrogen) atoms. The Hall–Kier alpha value is -2.57. The summed E-state index contributed by atoms with van der Waals surface area (Å²) < 4.78 is 5.37. The average molecular weight is 373 g/mol. The van der Waals surface area contributed by atoms with E-state index in [1.165, 1.54) is 0 Å². The minimum absolute atomic E-state index is 0.0671. The number of amides is 2. The standard InChI is InChI=1S/C19H17ClN2O4/c20-16-11-17-13(10-18(23)22(17)19(24)25)9-15(16)12-1-3-14(4-2-12)21-5-7-26-8-6-21/h1-4,9,11H,5-8,10H2,(H,24,25). The molecule has 0 unspecified atom stereocenters. The third kappa shape index (κ3) is 2.91. The predicted molar refractivity (Wildman–Crippen MR) is 99.1 cm³/mol. The summed E-state index contributed by atoms with van der Waals surface area (Å²) in [5.74, 6) is -0.455. The van der Waals surface area contributed by atoms with Crippen LogP contribution in [0.15, 0.2) is 36.4 Å². The summed E-state index contributed by atoms with van der Waals surface area (Å²) in [7, 11) is 0. The Morgan fingerprint density at radius 2 is 1.81 bits per heavy atom. The van der Waals surface area contributed by atoms with E-state index in [0.717, 1.165) is 48.0 Å². The Balaban J connectivity index is 1.65. The largest absolute Gasteiger partial charge is 0.464 e. The van der Waals surface area contributed by atoms with Gasteiger partial charge in [-0.1, -0.05) is 23.7 Å². The molecule has 0 atom stereocenters. The van der Waals surface area contributed by atoms with Crippen molar-refractivity contribution < 1.29 is 19.4 Å². The molecular weight excluding hydrogens is 356 g/mol. The molecule has 2 aliphatic heterocycles. The number of rotatable bonds is 2. The third-order valence-corrected chi connectivity index (χ3v) is 5.06. The van der Waals surface area contributed by atoms with Gasteiger partial charge in [-0.2, -0.15) is 0 Å². The Morgan fingerprint density at radius 3 is 2.46 bits per heavy atom. The van der Waals surface area contributed by atoms with Gasteiger partial charge in [0.1, 0.15) is 0 Å². The van der Waals surface area contributed by atoms with Crippen molar-refractivity contribution in [2.45, 2.75) is 6.42 Å². The van der Waals surface area contributed by atoms with Gasteiger partial charge in [-0.25, -0.2) is 9.69 Å². The first-order valence-electron chi connectivity index (χ1n) is 8.36. The quantitative estimate of drug-likeness (QED) is 0.874. The number of morpholine rings is 1. The number of hydrogen-bond donors (Lipinski definition) is 1. The van der Waals surface area contributed by atoms with Crippen LogP contribution in [0.5, 0.6) is 0 Å². The zero-order valence-electron chi connectivity index (χ0n) is 13.9. The van der Waals surface area contributed by atoms with E-state index < -0.39 is 12.0 Å². The van der Waals surface area contributed by atoms with Gasteiger partial charge in [-0.15, -0.1) is 0 Å². The van der Waals surface area contributed by atoms with Crippen LogP contribution in [-0.4, -0.2) is 43.4 Å². The summed E-state index contributed by atoms with van der Waals surface area (Å²) in [6.07, 6.45) is -1.22. The lowest BCUT2D eigenvalue weighted by Crippen LogP contribution is -2.36. The molecule has 2 heterocycles. The monoisotopic (exact) mass is 372 g/mol. The minimum atomic E-state index is -1.28. The highest BCUT2D eigenvalue weighted by Gasteiger charge is 2.33. The molecule has 0 radical (unpaired) electrons. The van der Waals surface area contributed by atoms with Gasteiger partial charge in [0.05, 0.1) is 30.3 Å². The van der Waals surface area contributed by atoms with Crippen LogP contribution in [0, 0.1) is 0 Å². The van der Waals surface area contributed by atoms with Gasteiger partial charge in [0, 0.05) is 24.3 Å². The van der Waals surface area contributed by atoms with Gasteiger partial charge in [0.2, 0.25) is 5.91 Å². The van der Waals surface area contributed by atoms with Crippen LogP contribution in [0.2, 0.25) is 5.02 Å². The molecule has 2 aliphatic rings. The van der Waals surface area contributed by atoms with Gasteiger partial charge in [0.15, 0.2) is 0 Å². The fourth-order valence-corrected chi connectivity index (χ4v) is 3.70. The molecule has 1 saturated heterocycles. The lowest BCUT2D eigenvalue weighted by atomic mass is 10.0. The van der Waals surface area contributed by atoms with Crippen LogP contribution in [0.1, 0.15) is 5.56 Å². The Bertz CT molecular complexity index is 876. The van der Waals surface area contributed by atoms with Crippen LogP contribution in [0.4, 0.5) is 16.2 Å². The topological polar surface area (TPSA) is 70.1 Å². The Kier molecular flexibility index (Phi) is 4.30. The molecule has 0 aromatic heterocycles. The molecular formula is C19H17ClN2O4. The van der Waals surface area contributed by atoms with Crippen molar-refractivity contribution >= 4 is 35.0 Å². The summed E-state index contributed by atoms with van der Waals surface area (Å²) in [6.45, 7) is 3.19. The summed E-state index contributed by atoms with van der Waals surface area (Å²) in [5, 5.41) is 9.63. The van der Waals surface area contributed by atoms with Gasteiger partial charge in [0.25, 0.3) is 0 Å². The van der Waals surface area contributed by atoms with Gasteiger partial charge in [-0.3, -0.25) is 4.79 Å². The molecule has 2 amide bonds. The van der Waals surface area contributed by atoms with Crippen molar-refractivity contribution in [1.29, 1.82) is 0 Å². The number of fused-ring (bicyclic) bond motifs is 1. The number of anilines is 2.